The fraction of sp³-hybridized carbons (Fsp3) is 0.933. The minimum atomic E-state index is 0. The minimum Gasteiger partial charge on any atom is -0.342 e. The van der Waals surface area contributed by atoms with Gasteiger partial charge in [0.15, 0.2) is 0 Å². The molecule has 2 fully saturated rings. The van der Waals surface area contributed by atoms with Gasteiger partial charge < -0.3 is 10.6 Å². The number of rotatable bonds is 4. The van der Waals surface area contributed by atoms with Crippen LogP contribution in [0.2, 0.25) is 0 Å². The molecule has 2 unspecified atom stereocenters. The lowest BCUT2D eigenvalue weighted by Crippen LogP contribution is -2.33. The lowest BCUT2D eigenvalue weighted by Gasteiger charge is -2.23. The maximum absolute atomic E-state index is 12.1. The Labute approximate surface area is 123 Å². The highest BCUT2D eigenvalue weighted by molar-refractivity contribution is 5.85. The quantitative estimate of drug-likeness (QED) is 0.864. The first-order valence-corrected chi connectivity index (χ1v) is 7.70. The van der Waals surface area contributed by atoms with E-state index in [1.807, 2.05) is 4.90 Å². The number of likely N-dealkylation sites (tertiary alicyclic amines) is 1. The highest BCUT2D eigenvalue weighted by atomic mass is 35.5. The molecule has 1 amide bonds. The van der Waals surface area contributed by atoms with Crippen LogP contribution in [-0.2, 0) is 4.79 Å². The molecule has 2 rings (SSSR count). The number of halogens is 1. The first kappa shape index (κ1) is 16.8. The van der Waals surface area contributed by atoms with Crippen LogP contribution in [0.25, 0.3) is 0 Å². The second kappa shape index (κ2) is 8.11. The van der Waals surface area contributed by atoms with Gasteiger partial charge in [0.1, 0.15) is 0 Å². The Morgan fingerprint density at radius 1 is 1.26 bits per heavy atom. The van der Waals surface area contributed by atoms with Gasteiger partial charge in [-0.05, 0) is 31.6 Å². The number of nitrogens with zero attached hydrogens (tertiary/aromatic N) is 1. The van der Waals surface area contributed by atoms with Crippen molar-refractivity contribution in [2.45, 2.75) is 64.3 Å². The van der Waals surface area contributed by atoms with Gasteiger partial charge >= 0.3 is 0 Å². The van der Waals surface area contributed by atoms with Gasteiger partial charge in [0.25, 0.3) is 0 Å². The highest BCUT2D eigenvalue weighted by Crippen LogP contribution is 2.28. The van der Waals surface area contributed by atoms with E-state index in [-0.39, 0.29) is 18.4 Å². The monoisotopic (exact) mass is 288 g/mol. The van der Waals surface area contributed by atoms with Gasteiger partial charge in [-0.1, -0.05) is 32.1 Å². The SMILES string of the molecule is CC(N)C1CCN(C(=O)CCC2CCCCC2)C1.Cl. The predicted octanol–water partition coefficient (Wildman–Crippen LogP) is 2.96. The zero-order chi connectivity index (χ0) is 13.0. The molecular formula is C15H29ClN2O. The van der Waals surface area contributed by atoms with Crippen molar-refractivity contribution in [1.29, 1.82) is 0 Å². The Bertz CT molecular complexity index is 277. The van der Waals surface area contributed by atoms with E-state index in [4.69, 9.17) is 5.73 Å². The van der Waals surface area contributed by atoms with Crippen LogP contribution >= 0.6 is 12.4 Å². The van der Waals surface area contributed by atoms with Crippen LogP contribution in [0, 0.1) is 11.8 Å². The summed E-state index contributed by atoms with van der Waals surface area (Å²) in [5, 5.41) is 0. The van der Waals surface area contributed by atoms with Gasteiger partial charge in [-0.3, -0.25) is 4.79 Å². The molecule has 0 bridgehead atoms. The number of carbonyl (C=O) groups excluding carboxylic acids is 1. The standard InChI is InChI=1S/C15H28N2O.ClH/c1-12(16)14-9-10-17(11-14)15(18)8-7-13-5-3-2-4-6-13;/h12-14H,2-11,16H2,1H3;1H. The maximum atomic E-state index is 12.1. The molecule has 2 aliphatic rings. The minimum absolute atomic E-state index is 0. The molecule has 0 aromatic carbocycles. The molecule has 1 heterocycles. The van der Waals surface area contributed by atoms with E-state index in [9.17, 15) is 4.79 Å². The zero-order valence-corrected chi connectivity index (χ0v) is 13.0. The molecular weight excluding hydrogens is 260 g/mol. The zero-order valence-electron chi connectivity index (χ0n) is 12.1. The molecule has 2 atom stereocenters. The topological polar surface area (TPSA) is 46.3 Å². The summed E-state index contributed by atoms with van der Waals surface area (Å²) in [7, 11) is 0. The number of hydrogen-bond acceptors (Lipinski definition) is 2. The highest BCUT2D eigenvalue weighted by Gasteiger charge is 2.28. The summed E-state index contributed by atoms with van der Waals surface area (Å²) in [6.07, 6.45) is 9.78. The molecule has 0 spiro atoms. The van der Waals surface area contributed by atoms with Gasteiger partial charge in [0.05, 0.1) is 0 Å². The molecule has 0 aromatic rings. The van der Waals surface area contributed by atoms with Crippen molar-refractivity contribution in [2.75, 3.05) is 13.1 Å². The molecule has 112 valence electrons. The van der Waals surface area contributed by atoms with E-state index in [0.29, 0.717) is 11.8 Å². The Kier molecular flexibility index (Phi) is 7.16. The second-order valence-corrected chi connectivity index (χ2v) is 6.29. The van der Waals surface area contributed by atoms with Gasteiger partial charge in [-0.2, -0.15) is 0 Å². The van der Waals surface area contributed by atoms with E-state index >= 15 is 0 Å². The van der Waals surface area contributed by atoms with Crippen molar-refractivity contribution >= 4 is 18.3 Å². The first-order valence-electron chi connectivity index (χ1n) is 7.70. The van der Waals surface area contributed by atoms with Crippen LogP contribution in [0.15, 0.2) is 0 Å². The Balaban J connectivity index is 0.00000180. The average molecular weight is 289 g/mol. The third kappa shape index (κ3) is 4.96. The molecule has 2 N–H and O–H groups in total. The van der Waals surface area contributed by atoms with Crippen molar-refractivity contribution < 1.29 is 4.79 Å². The Morgan fingerprint density at radius 2 is 1.95 bits per heavy atom. The maximum Gasteiger partial charge on any atom is 0.222 e. The summed E-state index contributed by atoms with van der Waals surface area (Å²) >= 11 is 0. The Morgan fingerprint density at radius 3 is 2.53 bits per heavy atom. The summed E-state index contributed by atoms with van der Waals surface area (Å²) in [5.74, 6) is 1.70. The van der Waals surface area contributed by atoms with Crippen LogP contribution in [-0.4, -0.2) is 29.9 Å². The molecule has 1 aliphatic heterocycles. The van der Waals surface area contributed by atoms with Crippen molar-refractivity contribution in [3.05, 3.63) is 0 Å². The van der Waals surface area contributed by atoms with Crippen molar-refractivity contribution in [3.63, 3.8) is 0 Å². The van der Waals surface area contributed by atoms with Gasteiger partial charge in [0, 0.05) is 25.6 Å². The first-order chi connectivity index (χ1) is 8.66. The molecule has 19 heavy (non-hydrogen) atoms. The van der Waals surface area contributed by atoms with E-state index in [2.05, 4.69) is 6.92 Å². The summed E-state index contributed by atoms with van der Waals surface area (Å²) in [5.41, 5.74) is 5.91. The summed E-state index contributed by atoms with van der Waals surface area (Å²) < 4.78 is 0. The van der Waals surface area contributed by atoms with Crippen LogP contribution in [0.4, 0.5) is 0 Å². The van der Waals surface area contributed by atoms with E-state index in [1.54, 1.807) is 0 Å². The van der Waals surface area contributed by atoms with Gasteiger partial charge in [-0.15, -0.1) is 12.4 Å². The molecule has 3 nitrogen and oxygen atoms in total. The third-order valence-corrected chi connectivity index (χ3v) is 4.81. The van der Waals surface area contributed by atoms with Gasteiger partial charge in [0.2, 0.25) is 5.91 Å². The number of carbonyl (C=O) groups is 1. The summed E-state index contributed by atoms with van der Waals surface area (Å²) in [6.45, 7) is 3.87. The molecule has 0 aromatic heterocycles. The predicted molar refractivity (Wildman–Crippen MR) is 81.4 cm³/mol. The number of hydrogen-bond donors (Lipinski definition) is 1. The molecule has 4 heteroatoms. The molecule has 1 aliphatic carbocycles. The van der Waals surface area contributed by atoms with E-state index in [1.165, 1.54) is 32.1 Å². The van der Waals surface area contributed by atoms with Crippen LogP contribution in [0.3, 0.4) is 0 Å². The van der Waals surface area contributed by atoms with Crippen LogP contribution in [0.1, 0.15) is 58.3 Å². The third-order valence-electron chi connectivity index (χ3n) is 4.81. The molecule has 0 radical (unpaired) electrons. The smallest absolute Gasteiger partial charge is 0.222 e. The fourth-order valence-electron chi connectivity index (χ4n) is 3.40. The Hall–Kier alpha value is -0.280. The van der Waals surface area contributed by atoms with E-state index < -0.39 is 0 Å². The van der Waals surface area contributed by atoms with Crippen LogP contribution in [0.5, 0.6) is 0 Å². The lowest BCUT2D eigenvalue weighted by atomic mass is 9.86. The molecule has 1 saturated heterocycles. The average Bonchev–Trinajstić information content (AvgIpc) is 2.87. The number of amides is 1. The van der Waals surface area contributed by atoms with E-state index in [0.717, 1.165) is 38.3 Å². The number of nitrogens with two attached hydrogens (primary N) is 1. The fourth-order valence-corrected chi connectivity index (χ4v) is 3.40. The summed E-state index contributed by atoms with van der Waals surface area (Å²) in [6, 6.07) is 0.223. The van der Waals surface area contributed by atoms with Gasteiger partial charge in [-0.25, -0.2) is 0 Å². The van der Waals surface area contributed by atoms with Crippen molar-refractivity contribution in [1.82, 2.24) is 4.90 Å². The molecule has 1 saturated carbocycles. The normalized spacial score (nSPS) is 26.0. The largest absolute Gasteiger partial charge is 0.342 e. The summed E-state index contributed by atoms with van der Waals surface area (Å²) in [4.78, 5) is 14.2. The lowest BCUT2D eigenvalue weighted by molar-refractivity contribution is -0.130. The van der Waals surface area contributed by atoms with Crippen LogP contribution < -0.4 is 5.73 Å². The second-order valence-electron chi connectivity index (χ2n) is 6.29. The van der Waals surface area contributed by atoms with Crippen molar-refractivity contribution in [2.24, 2.45) is 17.6 Å². The van der Waals surface area contributed by atoms with Crippen molar-refractivity contribution in [3.8, 4) is 0 Å².